The second-order valence-corrected chi connectivity index (χ2v) is 8.66. The molecule has 2 aliphatic rings. The molecule has 9 nitrogen and oxygen atoms in total. The zero-order valence-corrected chi connectivity index (χ0v) is 19.3. The summed E-state index contributed by atoms with van der Waals surface area (Å²) in [4.78, 5) is 39.0. The Morgan fingerprint density at radius 2 is 1.94 bits per heavy atom. The number of nitrogens with zero attached hydrogens (tertiary/aromatic N) is 5. The maximum absolute atomic E-state index is 13.3. The van der Waals surface area contributed by atoms with Crippen LogP contribution in [-0.2, 0) is 14.3 Å². The number of aromatic nitrogens is 3. The highest BCUT2D eigenvalue weighted by Crippen LogP contribution is 2.39. The van der Waals surface area contributed by atoms with Gasteiger partial charge in [0.15, 0.2) is 5.76 Å². The predicted octanol–water partition coefficient (Wildman–Crippen LogP) is 2.10. The monoisotopic (exact) mass is 461 g/mol. The molecule has 1 unspecified atom stereocenters. The minimum absolute atomic E-state index is 0.0455. The quantitative estimate of drug-likeness (QED) is 0.353. The number of morpholine rings is 1. The van der Waals surface area contributed by atoms with E-state index in [2.05, 4.69) is 14.9 Å². The van der Waals surface area contributed by atoms with Crippen LogP contribution in [0.4, 0.5) is 0 Å². The first-order chi connectivity index (χ1) is 16.5. The van der Waals surface area contributed by atoms with Crippen LogP contribution in [0.5, 0.6) is 0 Å². The molecule has 1 amide bonds. The normalized spacial score (nSPS) is 21.0. The first kappa shape index (κ1) is 22.2. The summed E-state index contributed by atoms with van der Waals surface area (Å²) in [7, 11) is 0. The van der Waals surface area contributed by atoms with Crippen LogP contribution in [0.2, 0.25) is 0 Å². The van der Waals surface area contributed by atoms with E-state index >= 15 is 0 Å². The van der Waals surface area contributed by atoms with Crippen molar-refractivity contribution in [2.24, 2.45) is 0 Å². The highest BCUT2D eigenvalue weighted by molar-refractivity contribution is 6.46. The van der Waals surface area contributed by atoms with Gasteiger partial charge < -0.3 is 19.1 Å². The lowest BCUT2D eigenvalue weighted by Crippen LogP contribution is -2.42. The Balaban J connectivity index is 1.59. The Labute approximate surface area is 197 Å². The minimum atomic E-state index is -0.736. The summed E-state index contributed by atoms with van der Waals surface area (Å²) in [5.74, 6) is -1.59. The van der Waals surface area contributed by atoms with Gasteiger partial charge in [0.25, 0.3) is 11.7 Å². The van der Waals surface area contributed by atoms with Crippen molar-refractivity contribution < 1.29 is 19.4 Å². The molecule has 0 saturated carbocycles. The van der Waals surface area contributed by atoms with Gasteiger partial charge in [0.1, 0.15) is 11.3 Å². The smallest absolute Gasteiger partial charge is 0.295 e. The zero-order chi connectivity index (χ0) is 23.8. The molecular formula is C25H27N5O4. The minimum Gasteiger partial charge on any atom is -0.505 e. The van der Waals surface area contributed by atoms with Gasteiger partial charge >= 0.3 is 0 Å². The van der Waals surface area contributed by atoms with E-state index in [1.54, 1.807) is 18.5 Å². The number of aliphatic hydroxyl groups excluding tert-OH is 1. The number of hydrogen-bond donors (Lipinski definition) is 1. The summed E-state index contributed by atoms with van der Waals surface area (Å²) in [5, 5.41) is 11.4. The molecule has 176 valence electrons. The molecule has 2 aliphatic heterocycles. The van der Waals surface area contributed by atoms with Crippen LogP contribution in [0.1, 0.15) is 28.6 Å². The number of Topliss-reactive ketones (excluding diaryl/α,β-unsaturated/α-hetero) is 1. The van der Waals surface area contributed by atoms with E-state index in [9.17, 15) is 14.7 Å². The number of ether oxygens (including phenoxy) is 1. The van der Waals surface area contributed by atoms with E-state index in [1.165, 1.54) is 4.90 Å². The van der Waals surface area contributed by atoms with Crippen molar-refractivity contribution in [3.05, 3.63) is 70.9 Å². The van der Waals surface area contributed by atoms with Crippen molar-refractivity contribution in [1.82, 2.24) is 24.2 Å². The number of ketones is 1. The van der Waals surface area contributed by atoms with Crippen LogP contribution in [0, 0.1) is 13.8 Å². The molecule has 0 aromatic carbocycles. The van der Waals surface area contributed by atoms with Crippen molar-refractivity contribution >= 4 is 23.1 Å². The topological polar surface area (TPSA) is 100 Å². The summed E-state index contributed by atoms with van der Waals surface area (Å²) in [6.45, 7) is 7.59. The number of imidazole rings is 1. The molecule has 0 bridgehead atoms. The van der Waals surface area contributed by atoms with E-state index in [1.807, 2.05) is 42.6 Å². The van der Waals surface area contributed by atoms with E-state index in [0.717, 1.165) is 18.7 Å². The maximum atomic E-state index is 13.3. The predicted molar refractivity (Wildman–Crippen MR) is 125 cm³/mol. The Morgan fingerprint density at radius 3 is 2.65 bits per heavy atom. The highest BCUT2D eigenvalue weighted by atomic mass is 16.5. The number of fused-ring (bicyclic) bond motifs is 1. The number of hydrogen-bond acceptors (Lipinski definition) is 7. The van der Waals surface area contributed by atoms with Crippen molar-refractivity contribution in [3.8, 4) is 0 Å². The van der Waals surface area contributed by atoms with Crippen LogP contribution in [-0.4, -0.2) is 80.4 Å². The first-order valence-electron chi connectivity index (χ1n) is 11.4. The van der Waals surface area contributed by atoms with Crippen molar-refractivity contribution in [3.63, 3.8) is 0 Å². The van der Waals surface area contributed by atoms with Gasteiger partial charge in [0.05, 0.1) is 30.5 Å². The molecule has 9 heteroatoms. The number of amides is 1. The maximum Gasteiger partial charge on any atom is 0.295 e. The van der Waals surface area contributed by atoms with Gasteiger partial charge in [0.2, 0.25) is 0 Å². The molecule has 2 fully saturated rings. The summed E-state index contributed by atoms with van der Waals surface area (Å²) in [5.41, 5.74) is 3.35. The van der Waals surface area contributed by atoms with Crippen LogP contribution in [0.3, 0.4) is 0 Å². The fourth-order valence-corrected chi connectivity index (χ4v) is 4.74. The molecule has 0 spiro atoms. The third-order valence-corrected chi connectivity index (χ3v) is 6.61. The molecular weight excluding hydrogens is 434 g/mol. The molecule has 34 heavy (non-hydrogen) atoms. The zero-order valence-electron chi connectivity index (χ0n) is 19.3. The largest absolute Gasteiger partial charge is 0.505 e. The van der Waals surface area contributed by atoms with Gasteiger partial charge in [-0.15, -0.1) is 0 Å². The molecule has 1 N–H and O–H groups in total. The molecule has 0 radical (unpaired) electrons. The Morgan fingerprint density at radius 1 is 1.15 bits per heavy atom. The average Bonchev–Trinajstić information content (AvgIpc) is 3.33. The second kappa shape index (κ2) is 9.00. The van der Waals surface area contributed by atoms with E-state index in [-0.39, 0.29) is 11.3 Å². The number of carbonyl (C=O) groups is 2. The SMILES string of the molecule is Cc1cccn2c(C)c(C(O)=C3C(=O)C(=O)N(CCN4CCOCC4)C3c3cccnc3)nc12. The third-order valence-electron chi connectivity index (χ3n) is 6.61. The first-order valence-corrected chi connectivity index (χ1v) is 11.4. The third kappa shape index (κ3) is 3.76. The summed E-state index contributed by atoms with van der Waals surface area (Å²) in [6.07, 6.45) is 5.13. The van der Waals surface area contributed by atoms with Gasteiger partial charge in [-0.1, -0.05) is 12.1 Å². The highest BCUT2D eigenvalue weighted by Gasteiger charge is 2.46. The lowest BCUT2D eigenvalue weighted by atomic mass is 9.97. The Hall–Kier alpha value is -3.56. The molecule has 3 aromatic rings. The summed E-state index contributed by atoms with van der Waals surface area (Å²) < 4.78 is 7.28. The summed E-state index contributed by atoms with van der Waals surface area (Å²) >= 11 is 0. The standard InChI is InChI=1S/C25H27N5O4/c1-16-5-4-8-29-17(2)20(27-24(16)29)22(31)19-21(18-6-3-7-26-15-18)30(25(33)23(19)32)10-9-28-11-13-34-14-12-28/h3-8,15,21,31H,9-14H2,1-2H3. The number of pyridine rings is 2. The molecule has 2 saturated heterocycles. The average molecular weight is 462 g/mol. The molecule has 5 rings (SSSR count). The van der Waals surface area contributed by atoms with Gasteiger partial charge in [-0.3, -0.25) is 19.5 Å². The van der Waals surface area contributed by atoms with Crippen LogP contribution >= 0.6 is 0 Å². The van der Waals surface area contributed by atoms with Gasteiger partial charge in [-0.25, -0.2) is 4.98 Å². The van der Waals surface area contributed by atoms with Crippen molar-refractivity contribution in [2.45, 2.75) is 19.9 Å². The number of aliphatic hydroxyl groups is 1. The molecule has 1 atom stereocenters. The van der Waals surface area contributed by atoms with E-state index < -0.39 is 17.7 Å². The Kier molecular flexibility index (Phi) is 5.89. The summed E-state index contributed by atoms with van der Waals surface area (Å²) in [6, 6.07) is 6.68. The second-order valence-electron chi connectivity index (χ2n) is 8.66. The van der Waals surface area contributed by atoms with Crippen molar-refractivity contribution in [1.29, 1.82) is 0 Å². The van der Waals surface area contributed by atoms with Gasteiger partial charge in [-0.2, -0.15) is 0 Å². The lowest BCUT2D eigenvalue weighted by molar-refractivity contribution is -0.140. The number of likely N-dealkylation sites (tertiary alicyclic amines) is 1. The van der Waals surface area contributed by atoms with E-state index in [4.69, 9.17) is 4.74 Å². The van der Waals surface area contributed by atoms with Crippen LogP contribution in [0.15, 0.2) is 48.4 Å². The van der Waals surface area contributed by atoms with Gasteiger partial charge in [0, 0.05) is 44.8 Å². The lowest BCUT2D eigenvalue weighted by Gasteiger charge is -2.30. The molecule has 0 aliphatic carbocycles. The number of carbonyl (C=O) groups excluding carboxylic acids is 2. The molecule has 3 aromatic heterocycles. The van der Waals surface area contributed by atoms with Crippen LogP contribution < -0.4 is 0 Å². The number of aryl methyl sites for hydroxylation is 2. The fourth-order valence-electron chi connectivity index (χ4n) is 4.74. The molecule has 5 heterocycles. The van der Waals surface area contributed by atoms with Gasteiger partial charge in [-0.05, 0) is 37.1 Å². The fraction of sp³-hybridized carbons (Fsp3) is 0.360. The van der Waals surface area contributed by atoms with Crippen molar-refractivity contribution in [2.75, 3.05) is 39.4 Å². The number of rotatable bonds is 5. The van der Waals surface area contributed by atoms with E-state index in [0.29, 0.717) is 48.9 Å². The Bertz CT molecular complexity index is 1280. The van der Waals surface area contributed by atoms with Crippen LogP contribution in [0.25, 0.3) is 11.4 Å².